The number of rotatable bonds is 6. The zero-order valence-corrected chi connectivity index (χ0v) is 15.5. The van der Waals surface area contributed by atoms with Crippen LogP contribution >= 0.6 is 23.1 Å². The molecule has 0 spiro atoms. The first-order valence-electron chi connectivity index (χ1n) is 7.72. The average molecular weight is 381 g/mol. The molecule has 0 radical (unpaired) electrons. The van der Waals surface area contributed by atoms with Crippen molar-refractivity contribution in [2.45, 2.75) is 17.0 Å². The largest absolute Gasteiger partial charge is 0.330 e. The van der Waals surface area contributed by atoms with Crippen LogP contribution in [0.5, 0.6) is 0 Å². The van der Waals surface area contributed by atoms with Crippen LogP contribution in [0.4, 0.5) is 16.5 Å². The van der Waals surface area contributed by atoms with Gasteiger partial charge >= 0.3 is 0 Å². The fourth-order valence-corrected chi connectivity index (χ4v) is 3.91. The molecule has 3 rings (SSSR count). The Kier molecular flexibility index (Phi) is 5.84. The quantitative estimate of drug-likeness (QED) is 0.615. The number of nitrogens with one attached hydrogen (secondary N) is 2. The number of hydrogen-bond donors (Lipinski definition) is 2. The third-order valence-corrected chi connectivity index (χ3v) is 5.30. The van der Waals surface area contributed by atoms with E-state index in [1.54, 1.807) is 17.8 Å². The zero-order valence-electron chi connectivity index (χ0n) is 13.9. The van der Waals surface area contributed by atoms with E-state index >= 15 is 0 Å². The summed E-state index contributed by atoms with van der Waals surface area (Å²) in [6.45, 7) is 1.47. The van der Waals surface area contributed by atoms with Crippen molar-refractivity contribution in [3.63, 3.8) is 0 Å². The highest BCUT2D eigenvalue weighted by atomic mass is 32.2. The molecule has 0 bridgehead atoms. The summed E-state index contributed by atoms with van der Waals surface area (Å²) < 4.78 is 0.841. The Bertz CT molecular complexity index is 964. The molecule has 1 amide bonds. The zero-order chi connectivity index (χ0) is 18.4. The minimum atomic E-state index is -0.114. The molecule has 0 unspecified atom stereocenters. The SMILES string of the molecule is CC(=O)Nc1cccc(Nc2nnc(SCc3cccc(C#N)c3)s2)c1. The monoisotopic (exact) mass is 381 g/mol. The number of thioether (sulfide) groups is 1. The molecule has 130 valence electrons. The van der Waals surface area contributed by atoms with Crippen LogP contribution in [0.1, 0.15) is 18.1 Å². The molecular formula is C18H15N5OS2. The second-order valence-electron chi connectivity index (χ2n) is 5.36. The van der Waals surface area contributed by atoms with Gasteiger partial charge in [0.1, 0.15) is 0 Å². The van der Waals surface area contributed by atoms with Gasteiger partial charge in [-0.15, -0.1) is 10.2 Å². The van der Waals surface area contributed by atoms with Gasteiger partial charge in [0.2, 0.25) is 11.0 Å². The number of nitriles is 1. The second kappa shape index (κ2) is 8.47. The predicted molar refractivity (Wildman–Crippen MR) is 105 cm³/mol. The third kappa shape index (κ3) is 5.05. The lowest BCUT2D eigenvalue weighted by Gasteiger charge is -2.05. The molecule has 1 heterocycles. The second-order valence-corrected chi connectivity index (χ2v) is 7.56. The van der Waals surface area contributed by atoms with E-state index in [4.69, 9.17) is 5.26 Å². The van der Waals surface area contributed by atoms with Crippen molar-refractivity contribution in [2.24, 2.45) is 0 Å². The first-order valence-corrected chi connectivity index (χ1v) is 9.52. The molecule has 0 saturated heterocycles. The summed E-state index contributed by atoms with van der Waals surface area (Å²) in [6, 6.07) is 17.1. The molecule has 0 atom stereocenters. The average Bonchev–Trinajstić information content (AvgIpc) is 3.07. The van der Waals surface area contributed by atoms with Gasteiger partial charge in [0.25, 0.3) is 0 Å². The van der Waals surface area contributed by atoms with Crippen molar-refractivity contribution < 1.29 is 4.79 Å². The van der Waals surface area contributed by atoms with Crippen LogP contribution in [0.25, 0.3) is 0 Å². The summed E-state index contributed by atoms with van der Waals surface area (Å²) in [5.41, 5.74) is 3.27. The van der Waals surface area contributed by atoms with Crippen LogP contribution < -0.4 is 10.6 Å². The lowest BCUT2D eigenvalue weighted by Crippen LogP contribution is -2.05. The third-order valence-electron chi connectivity index (χ3n) is 3.26. The molecular weight excluding hydrogens is 366 g/mol. The molecule has 0 aliphatic rings. The minimum absolute atomic E-state index is 0.114. The van der Waals surface area contributed by atoms with Gasteiger partial charge in [-0.2, -0.15) is 5.26 Å². The van der Waals surface area contributed by atoms with Crippen molar-refractivity contribution in [1.29, 1.82) is 5.26 Å². The van der Waals surface area contributed by atoms with E-state index < -0.39 is 0 Å². The molecule has 0 aliphatic heterocycles. The van der Waals surface area contributed by atoms with Crippen LogP contribution in [-0.4, -0.2) is 16.1 Å². The van der Waals surface area contributed by atoms with Gasteiger partial charge in [-0.25, -0.2) is 0 Å². The molecule has 0 saturated carbocycles. The number of nitrogens with zero attached hydrogens (tertiary/aromatic N) is 3. The normalized spacial score (nSPS) is 10.2. The molecule has 2 N–H and O–H groups in total. The summed E-state index contributed by atoms with van der Waals surface area (Å²) in [4.78, 5) is 11.1. The van der Waals surface area contributed by atoms with Gasteiger partial charge in [0.05, 0.1) is 11.6 Å². The number of hydrogen-bond acceptors (Lipinski definition) is 7. The Balaban J connectivity index is 1.61. The van der Waals surface area contributed by atoms with E-state index in [1.807, 2.05) is 42.5 Å². The van der Waals surface area contributed by atoms with Gasteiger partial charge in [0.15, 0.2) is 4.34 Å². The molecule has 1 aromatic heterocycles. The molecule has 8 heteroatoms. The maximum atomic E-state index is 11.1. The van der Waals surface area contributed by atoms with Crippen molar-refractivity contribution in [1.82, 2.24) is 10.2 Å². The topological polar surface area (TPSA) is 90.7 Å². The van der Waals surface area contributed by atoms with E-state index in [9.17, 15) is 4.79 Å². The maximum Gasteiger partial charge on any atom is 0.221 e. The van der Waals surface area contributed by atoms with E-state index in [-0.39, 0.29) is 5.91 Å². The van der Waals surface area contributed by atoms with Gasteiger partial charge < -0.3 is 10.6 Å². The number of anilines is 3. The maximum absolute atomic E-state index is 11.1. The molecule has 6 nitrogen and oxygen atoms in total. The van der Waals surface area contributed by atoms with Crippen molar-refractivity contribution in [2.75, 3.05) is 10.6 Å². The van der Waals surface area contributed by atoms with Gasteiger partial charge in [0, 0.05) is 24.1 Å². The van der Waals surface area contributed by atoms with E-state index in [1.165, 1.54) is 18.3 Å². The van der Waals surface area contributed by atoms with Crippen LogP contribution in [-0.2, 0) is 10.5 Å². The number of aromatic nitrogens is 2. The van der Waals surface area contributed by atoms with Crippen LogP contribution in [0.15, 0.2) is 52.9 Å². The predicted octanol–water partition coefficient (Wildman–Crippen LogP) is 4.40. The summed E-state index contributed by atoms with van der Waals surface area (Å²) in [6.07, 6.45) is 0. The number of benzene rings is 2. The van der Waals surface area contributed by atoms with Crippen molar-refractivity contribution in [3.8, 4) is 6.07 Å². The molecule has 26 heavy (non-hydrogen) atoms. The number of carbonyl (C=O) groups excluding carboxylic acids is 1. The van der Waals surface area contributed by atoms with E-state index in [0.717, 1.165) is 27.0 Å². The minimum Gasteiger partial charge on any atom is -0.330 e. The van der Waals surface area contributed by atoms with E-state index in [2.05, 4.69) is 26.9 Å². The van der Waals surface area contributed by atoms with Crippen LogP contribution in [0, 0.1) is 11.3 Å². The lowest BCUT2D eigenvalue weighted by molar-refractivity contribution is -0.114. The molecule has 0 fully saturated rings. The highest BCUT2D eigenvalue weighted by molar-refractivity contribution is 8.00. The fraction of sp³-hybridized carbons (Fsp3) is 0.111. The first-order chi connectivity index (χ1) is 12.6. The Morgan fingerprint density at radius 1 is 1.19 bits per heavy atom. The Morgan fingerprint density at radius 2 is 2.00 bits per heavy atom. The molecule has 3 aromatic rings. The number of carbonyl (C=O) groups is 1. The van der Waals surface area contributed by atoms with E-state index in [0.29, 0.717) is 10.7 Å². The standard InChI is InChI=1S/C18H15N5OS2/c1-12(24)20-15-6-3-7-16(9-15)21-17-22-23-18(26-17)25-11-14-5-2-4-13(8-14)10-19/h2-9H,11H2,1H3,(H,20,24)(H,21,22). The van der Waals surface area contributed by atoms with Crippen molar-refractivity contribution >= 4 is 45.5 Å². The van der Waals surface area contributed by atoms with Gasteiger partial charge in [-0.3, -0.25) is 4.79 Å². The van der Waals surface area contributed by atoms with Crippen LogP contribution in [0.3, 0.4) is 0 Å². The Labute approximate surface area is 159 Å². The summed E-state index contributed by atoms with van der Waals surface area (Å²) in [5, 5.41) is 23.9. The Hall–Kier alpha value is -2.89. The Morgan fingerprint density at radius 3 is 2.81 bits per heavy atom. The van der Waals surface area contributed by atoms with Gasteiger partial charge in [-0.05, 0) is 35.9 Å². The highest BCUT2D eigenvalue weighted by Crippen LogP contribution is 2.30. The first kappa shape index (κ1) is 17.9. The highest BCUT2D eigenvalue weighted by Gasteiger charge is 2.07. The van der Waals surface area contributed by atoms with Crippen molar-refractivity contribution in [3.05, 3.63) is 59.7 Å². The summed E-state index contributed by atoms with van der Waals surface area (Å²) in [5.74, 6) is 0.611. The summed E-state index contributed by atoms with van der Waals surface area (Å²) >= 11 is 3.03. The number of amides is 1. The fourth-order valence-electron chi connectivity index (χ4n) is 2.20. The summed E-state index contributed by atoms with van der Waals surface area (Å²) in [7, 11) is 0. The van der Waals surface area contributed by atoms with Gasteiger partial charge in [-0.1, -0.05) is 41.3 Å². The lowest BCUT2D eigenvalue weighted by atomic mass is 10.2. The van der Waals surface area contributed by atoms with Crippen LogP contribution in [0.2, 0.25) is 0 Å². The smallest absolute Gasteiger partial charge is 0.221 e. The molecule has 0 aliphatic carbocycles. The molecule has 2 aromatic carbocycles.